The molecule has 1 fully saturated rings. The highest BCUT2D eigenvalue weighted by Crippen LogP contribution is 2.21. The quantitative estimate of drug-likeness (QED) is 0.506. The fourth-order valence-corrected chi connectivity index (χ4v) is 4.06. The Labute approximate surface area is 184 Å². The van der Waals surface area contributed by atoms with E-state index >= 15 is 0 Å². The maximum Gasteiger partial charge on any atom is 0.270 e. The van der Waals surface area contributed by atoms with Crippen molar-refractivity contribution < 1.29 is 4.74 Å². The minimum atomic E-state index is -0.0544. The fourth-order valence-electron chi connectivity index (χ4n) is 4.06. The van der Waals surface area contributed by atoms with Gasteiger partial charge >= 0.3 is 0 Å². The van der Waals surface area contributed by atoms with E-state index in [1.54, 1.807) is 4.68 Å². The van der Waals surface area contributed by atoms with Gasteiger partial charge in [0.05, 0.1) is 18.8 Å². The average molecular weight is 418 g/mol. The normalized spacial score (nSPS) is 14.5. The number of piperidine rings is 1. The van der Waals surface area contributed by atoms with Gasteiger partial charge in [-0.3, -0.25) is 4.79 Å². The zero-order chi connectivity index (χ0) is 21.5. The summed E-state index contributed by atoms with van der Waals surface area (Å²) >= 11 is 0. The molecule has 5 nitrogen and oxygen atoms in total. The molecule has 5 heteroatoms. The average Bonchev–Trinajstić information content (AvgIpc) is 2.81. The van der Waals surface area contributed by atoms with Crippen LogP contribution in [-0.2, 0) is 6.54 Å². The van der Waals surface area contributed by atoms with Crippen molar-refractivity contribution in [1.82, 2.24) is 14.7 Å². The van der Waals surface area contributed by atoms with Crippen LogP contribution in [0.15, 0.2) is 65.5 Å². The number of hydrogen-bond donors (Lipinski definition) is 0. The van der Waals surface area contributed by atoms with Gasteiger partial charge in [-0.25, -0.2) is 4.68 Å². The first-order valence-corrected chi connectivity index (χ1v) is 11.3. The van der Waals surface area contributed by atoms with Gasteiger partial charge in [0.2, 0.25) is 0 Å². The molecule has 0 spiro atoms. The van der Waals surface area contributed by atoms with Crippen LogP contribution in [0.25, 0.3) is 11.3 Å². The van der Waals surface area contributed by atoms with Gasteiger partial charge in [0, 0.05) is 17.7 Å². The Hall–Kier alpha value is -2.92. The predicted octanol–water partition coefficient (Wildman–Crippen LogP) is 4.52. The molecule has 2 aromatic carbocycles. The molecule has 0 unspecified atom stereocenters. The molecule has 3 aromatic rings. The molecule has 1 aromatic heterocycles. The van der Waals surface area contributed by atoms with E-state index in [-0.39, 0.29) is 5.56 Å². The van der Waals surface area contributed by atoms with E-state index < -0.39 is 0 Å². The van der Waals surface area contributed by atoms with Gasteiger partial charge in [-0.05, 0) is 75.2 Å². The van der Waals surface area contributed by atoms with Gasteiger partial charge in [0.25, 0.3) is 5.56 Å². The van der Waals surface area contributed by atoms with Gasteiger partial charge in [0.1, 0.15) is 5.75 Å². The van der Waals surface area contributed by atoms with Crippen molar-refractivity contribution in [2.45, 2.75) is 39.2 Å². The summed E-state index contributed by atoms with van der Waals surface area (Å²) < 4.78 is 7.48. The molecule has 0 bridgehead atoms. The molecule has 0 atom stereocenters. The molecule has 0 radical (unpaired) electrons. The van der Waals surface area contributed by atoms with Crippen molar-refractivity contribution in [3.63, 3.8) is 0 Å². The molecule has 4 rings (SSSR count). The van der Waals surface area contributed by atoms with E-state index in [1.807, 2.05) is 67.6 Å². The summed E-state index contributed by atoms with van der Waals surface area (Å²) in [6, 6.07) is 19.8. The zero-order valence-corrected chi connectivity index (χ0v) is 18.3. The van der Waals surface area contributed by atoms with E-state index in [9.17, 15) is 4.79 Å². The van der Waals surface area contributed by atoms with Crippen molar-refractivity contribution in [2.75, 3.05) is 26.2 Å². The first-order chi connectivity index (χ1) is 15.2. The number of ether oxygens (including phenoxy) is 1. The Balaban J connectivity index is 1.38. The fraction of sp³-hybridized carbons (Fsp3) is 0.385. The minimum Gasteiger partial charge on any atom is -0.494 e. The summed E-state index contributed by atoms with van der Waals surface area (Å²) in [7, 11) is 0. The van der Waals surface area contributed by atoms with Gasteiger partial charge in [-0.1, -0.05) is 36.8 Å². The lowest BCUT2D eigenvalue weighted by Crippen LogP contribution is -2.31. The number of aromatic nitrogens is 2. The predicted molar refractivity (Wildman–Crippen MR) is 125 cm³/mol. The Morgan fingerprint density at radius 1 is 0.968 bits per heavy atom. The van der Waals surface area contributed by atoms with E-state index in [0.717, 1.165) is 42.1 Å². The van der Waals surface area contributed by atoms with Gasteiger partial charge in [-0.2, -0.15) is 5.10 Å². The molecule has 0 N–H and O–H groups in total. The van der Waals surface area contributed by atoms with E-state index in [1.165, 1.54) is 32.4 Å². The summed E-state index contributed by atoms with van der Waals surface area (Å²) in [5.74, 6) is 0.872. The monoisotopic (exact) mass is 417 g/mol. The van der Waals surface area contributed by atoms with Crippen LogP contribution in [0.5, 0.6) is 5.75 Å². The zero-order valence-electron chi connectivity index (χ0n) is 18.3. The second kappa shape index (κ2) is 10.4. The molecule has 31 heavy (non-hydrogen) atoms. The Bertz CT molecular complexity index is 1020. The van der Waals surface area contributed by atoms with Crippen LogP contribution in [-0.4, -0.2) is 40.9 Å². The van der Waals surface area contributed by atoms with E-state index in [2.05, 4.69) is 10.00 Å². The van der Waals surface area contributed by atoms with Gasteiger partial charge < -0.3 is 9.64 Å². The highest BCUT2D eigenvalue weighted by atomic mass is 16.5. The van der Waals surface area contributed by atoms with E-state index in [4.69, 9.17) is 4.74 Å². The lowest BCUT2D eigenvalue weighted by atomic mass is 10.1. The number of likely N-dealkylation sites (tertiary alicyclic amines) is 1. The van der Waals surface area contributed by atoms with Crippen molar-refractivity contribution >= 4 is 0 Å². The highest BCUT2D eigenvalue weighted by molar-refractivity contribution is 5.60. The van der Waals surface area contributed by atoms with Crippen LogP contribution < -0.4 is 10.3 Å². The first kappa shape index (κ1) is 21.3. The van der Waals surface area contributed by atoms with E-state index in [0.29, 0.717) is 12.1 Å². The lowest BCUT2D eigenvalue weighted by Gasteiger charge is -2.26. The lowest BCUT2D eigenvalue weighted by molar-refractivity contribution is 0.205. The maximum atomic E-state index is 12.5. The first-order valence-electron chi connectivity index (χ1n) is 11.3. The third-order valence-electron chi connectivity index (χ3n) is 5.81. The van der Waals surface area contributed by atoms with Gasteiger partial charge in [0.15, 0.2) is 0 Å². The summed E-state index contributed by atoms with van der Waals surface area (Å²) in [6.45, 7) is 6.61. The standard InChI is InChI=1S/C26H31N3O2/c1-21-19-25(27-29(26(21)30)20-22-9-4-2-5-10-22)23-11-13-24(14-12-23)31-18-8-17-28-15-6-3-7-16-28/h2,4-5,9-14,19H,3,6-8,15-18,20H2,1H3. The van der Waals surface area contributed by atoms with Crippen LogP contribution in [0.1, 0.15) is 36.8 Å². The van der Waals surface area contributed by atoms with Gasteiger partial charge in [-0.15, -0.1) is 0 Å². The Morgan fingerprint density at radius 2 is 1.71 bits per heavy atom. The molecule has 0 amide bonds. The summed E-state index contributed by atoms with van der Waals surface area (Å²) in [5.41, 5.74) is 3.47. The molecular weight excluding hydrogens is 386 g/mol. The van der Waals surface area contributed by atoms with Crippen molar-refractivity contribution in [3.05, 3.63) is 82.1 Å². The molecule has 1 aliphatic heterocycles. The molecular formula is C26H31N3O2. The van der Waals surface area contributed by atoms with Crippen LogP contribution >= 0.6 is 0 Å². The van der Waals surface area contributed by atoms with Crippen LogP contribution in [0.4, 0.5) is 0 Å². The van der Waals surface area contributed by atoms with Crippen molar-refractivity contribution in [1.29, 1.82) is 0 Å². The second-order valence-electron chi connectivity index (χ2n) is 8.29. The minimum absolute atomic E-state index is 0.0544. The molecule has 1 saturated heterocycles. The number of benzene rings is 2. The largest absolute Gasteiger partial charge is 0.494 e. The molecule has 0 aliphatic carbocycles. The Kier molecular flexibility index (Phi) is 7.15. The smallest absolute Gasteiger partial charge is 0.270 e. The van der Waals surface area contributed by atoms with Crippen LogP contribution in [0, 0.1) is 6.92 Å². The maximum absolute atomic E-state index is 12.5. The number of hydrogen-bond acceptors (Lipinski definition) is 4. The Morgan fingerprint density at radius 3 is 2.45 bits per heavy atom. The third kappa shape index (κ3) is 5.82. The number of rotatable bonds is 8. The number of aryl methyl sites for hydroxylation is 1. The third-order valence-corrected chi connectivity index (χ3v) is 5.81. The second-order valence-corrected chi connectivity index (χ2v) is 8.29. The molecule has 162 valence electrons. The number of nitrogens with zero attached hydrogens (tertiary/aromatic N) is 3. The van der Waals surface area contributed by atoms with Crippen LogP contribution in [0.2, 0.25) is 0 Å². The molecule has 0 saturated carbocycles. The van der Waals surface area contributed by atoms with Crippen LogP contribution in [0.3, 0.4) is 0 Å². The van der Waals surface area contributed by atoms with Crippen molar-refractivity contribution in [3.8, 4) is 17.0 Å². The molecule has 1 aliphatic rings. The summed E-state index contributed by atoms with van der Waals surface area (Å²) in [5, 5.41) is 4.61. The highest BCUT2D eigenvalue weighted by Gasteiger charge is 2.10. The summed E-state index contributed by atoms with van der Waals surface area (Å²) in [6.07, 6.45) is 5.08. The topological polar surface area (TPSA) is 47.4 Å². The SMILES string of the molecule is Cc1cc(-c2ccc(OCCCN3CCCCC3)cc2)nn(Cc2ccccc2)c1=O. The summed E-state index contributed by atoms with van der Waals surface area (Å²) in [4.78, 5) is 15.1. The molecule has 2 heterocycles. The van der Waals surface area contributed by atoms with Crippen molar-refractivity contribution in [2.24, 2.45) is 0 Å².